The standard InChI is InChI=1S/C4H4F3NO/c5-4(6)1-2-8(7)3(4)9/h1-2H2. The van der Waals surface area contributed by atoms with Crippen molar-refractivity contribution in [3.63, 3.8) is 0 Å². The minimum atomic E-state index is -3.46. The van der Waals surface area contributed by atoms with Gasteiger partial charge >= 0.3 is 11.8 Å². The van der Waals surface area contributed by atoms with Crippen LogP contribution in [-0.2, 0) is 4.79 Å². The van der Waals surface area contributed by atoms with Crippen molar-refractivity contribution in [3.8, 4) is 0 Å². The molecule has 0 radical (unpaired) electrons. The number of carbonyl (C=O) groups excluding carboxylic acids is 1. The van der Waals surface area contributed by atoms with Gasteiger partial charge in [0.25, 0.3) is 0 Å². The lowest BCUT2D eigenvalue weighted by atomic mass is 10.3. The van der Waals surface area contributed by atoms with Crippen LogP contribution in [-0.4, -0.2) is 23.5 Å². The molecule has 0 atom stereocenters. The van der Waals surface area contributed by atoms with E-state index in [1.807, 2.05) is 0 Å². The zero-order valence-corrected chi connectivity index (χ0v) is 4.40. The summed E-state index contributed by atoms with van der Waals surface area (Å²) in [6, 6.07) is 0. The molecule has 1 saturated heterocycles. The van der Waals surface area contributed by atoms with Crippen molar-refractivity contribution in [2.75, 3.05) is 6.54 Å². The second-order valence-electron chi connectivity index (χ2n) is 1.85. The van der Waals surface area contributed by atoms with E-state index >= 15 is 0 Å². The lowest BCUT2D eigenvalue weighted by Crippen LogP contribution is -2.27. The third kappa shape index (κ3) is 0.863. The van der Waals surface area contributed by atoms with Crippen LogP contribution in [0.2, 0.25) is 0 Å². The monoisotopic (exact) mass is 139 g/mol. The van der Waals surface area contributed by atoms with E-state index in [9.17, 15) is 18.1 Å². The highest BCUT2D eigenvalue weighted by atomic mass is 19.3. The van der Waals surface area contributed by atoms with E-state index in [0.29, 0.717) is 0 Å². The quantitative estimate of drug-likeness (QED) is 0.453. The van der Waals surface area contributed by atoms with E-state index in [0.717, 1.165) is 0 Å². The summed E-state index contributed by atoms with van der Waals surface area (Å²) in [6.45, 7) is -0.494. The summed E-state index contributed by atoms with van der Waals surface area (Å²) in [7, 11) is 0. The molecule has 1 rings (SSSR count). The van der Waals surface area contributed by atoms with Gasteiger partial charge in [-0.05, 0) is 0 Å². The number of alkyl halides is 2. The first kappa shape index (κ1) is 6.38. The zero-order chi connectivity index (χ0) is 7.07. The highest BCUT2D eigenvalue weighted by Gasteiger charge is 2.48. The maximum Gasteiger partial charge on any atom is 0.329 e. The van der Waals surface area contributed by atoms with Crippen molar-refractivity contribution in [1.29, 1.82) is 0 Å². The Kier molecular flexibility index (Phi) is 1.15. The van der Waals surface area contributed by atoms with Crippen LogP contribution < -0.4 is 0 Å². The highest BCUT2D eigenvalue weighted by Crippen LogP contribution is 2.28. The number of hydrogen-bond acceptors (Lipinski definition) is 1. The van der Waals surface area contributed by atoms with Crippen molar-refractivity contribution in [1.82, 2.24) is 5.12 Å². The molecule has 0 bridgehead atoms. The molecule has 1 aliphatic heterocycles. The normalized spacial score (nSPS) is 25.2. The van der Waals surface area contributed by atoms with Crippen LogP contribution in [0.25, 0.3) is 0 Å². The molecular formula is C4H4F3NO. The summed E-state index contributed by atoms with van der Waals surface area (Å²) in [5, 5.41) is -0.458. The van der Waals surface area contributed by atoms with Crippen molar-refractivity contribution in [3.05, 3.63) is 0 Å². The van der Waals surface area contributed by atoms with Crippen LogP contribution in [0.4, 0.5) is 13.3 Å². The van der Waals surface area contributed by atoms with Gasteiger partial charge < -0.3 is 0 Å². The Morgan fingerprint density at radius 1 is 1.56 bits per heavy atom. The maximum absolute atomic E-state index is 12.0. The second kappa shape index (κ2) is 1.62. The number of rotatable bonds is 0. The van der Waals surface area contributed by atoms with E-state index in [2.05, 4.69) is 0 Å². The molecule has 0 aromatic heterocycles. The van der Waals surface area contributed by atoms with E-state index in [4.69, 9.17) is 0 Å². The number of amides is 1. The summed E-state index contributed by atoms with van der Waals surface area (Å²) < 4.78 is 35.7. The van der Waals surface area contributed by atoms with Gasteiger partial charge in [0.15, 0.2) is 0 Å². The van der Waals surface area contributed by atoms with Crippen molar-refractivity contribution < 1.29 is 18.1 Å². The Bertz CT molecular complexity index is 147. The molecule has 2 nitrogen and oxygen atoms in total. The highest BCUT2D eigenvalue weighted by molar-refractivity contribution is 5.84. The molecule has 1 fully saturated rings. The smallest absolute Gasteiger partial charge is 0.265 e. The summed E-state index contributed by atoms with van der Waals surface area (Å²) in [4.78, 5) is 10.0. The molecule has 0 N–H and O–H groups in total. The van der Waals surface area contributed by atoms with Crippen molar-refractivity contribution >= 4 is 5.91 Å². The molecule has 0 saturated carbocycles. The van der Waals surface area contributed by atoms with Crippen LogP contribution in [0.15, 0.2) is 0 Å². The van der Waals surface area contributed by atoms with Gasteiger partial charge in [-0.2, -0.15) is 13.9 Å². The molecule has 5 heteroatoms. The van der Waals surface area contributed by atoms with Gasteiger partial charge in [-0.25, -0.2) is 0 Å². The number of carbonyl (C=O) groups is 1. The van der Waals surface area contributed by atoms with Crippen molar-refractivity contribution in [2.24, 2.45) is 0 Å². The third-order valence-electron chi connectivity index (χ3n) is 1.16. The average Bonchev–Trinajstić information content (AvgIpc) is 1.97. The summed E-state index contributed by atoms with van der Waals surface area (Å²) in [6.07, 6.45) is -0.706. The van der Waals surface area contributed by atoms with Gasteiger partial charge in [0.1, 0.15) is 0 Å². The lowest BCUT2D eigenvalue weighted by Gasteiger charge is -2.02. The first-order valence-electron chi connectivity index (χ1n) is 2.39. The lowest BCUT2D eigenvalue weighted by molar-refractivity contribution is -0.159. The topological polar surface area (TPSA) is 20.3 Å². The molecule has 1 heterocycles. The molecule has 9 heavy (non-hydrogen) atoms. The molecule has 0 aromatic carbocycles. The van der Waals surface area contributed by atoms with E-state index < -0.39 is 29.9 Å². The summed E-state index contributed by atoms with van der Waals surface area (Å²) >= 11 is 0. The van der Waals surface area contributed by atoms with Gasteiger partial charge in [0, 0.05) is 6.42 Å². The molecule has 0 unspecified atom stereocenters. The Hall–Kier alpha value is -0.740. The molecule has 0 aromatic rings. The molecule has 0 aliphatic carbocycles. The van der Waals surface area contributed by atoms with Crippen LogP contribution in [0, 0.1) is 0 Å². The Morgan fingerprint density at radius 3 is 2.22 bits per heavy atom. The SMILES string of the molecule is O=C1N(F)CCC1(F)F. The van der Waals surface area contributed by atoms with Crippen molar-refractivity contribution in [2.45, 2.75) is 12.3 Å². The fourth-order valence-corrected chi connectivity index (χ4v) is 0.625. The van der Waals surface area contributed by atoms with Gasteiger partial charge in [-0.3, -0.25) is 4.79 Å². The third-order valence-corrected chi connectivity index (χ3v) is 1.16. The first-order valence-corrected chi connectivity index (χ1v) is 2.39. The largest absolute Gasteiger partial charge is 0.329 e. The van der Waals surface area contributed by atoms with Crippen LogP contribution in [0.5, 0.6) is 0 Å². The molecule has 1 amide bonds. The Morgan fingerprint density at radius 2 is 2.11 bits per heavy atom. The predicted molar refractivity (Wildman–Crippen MR) is 22.4 cm³/mol. The molecule has 52 valence electrons. The maximum atomic E-state index is 12.0. The zero-order valence-electron chi connectivity index (χ0n) is 4.40. The predicted octanol–water partition coefficient (Wildman–Crippen LogP) is 0.738. The summed E-state index contributed by atoms with van der Waals surface area (Å²) in [5.41, 5.74) is 0. The number of nitrogens with zero attached hydrogens (tertiary/aromatic N) is 1. The molecule has 1 aliphatic rings. The second-order valence-corrected chi connectivity index (χ2v) is 1.85. The number of hydrogen-bond donors (Lipinski definition) is 0. The van der Waals surface area contributed by atoms with E-state index in [-0.39, 0.29) is 0 Å². The first-order chi connectivity index (χ1) is 4.04. The van der Waals surface area contributed by atoms with Crippen LogP contribution >= 0.6 is 0 Å². The van der Waals surface area contributed by atoms with Gasteiger partial charge in [0.2, 0.25) is 0 Å². The Balaban J connectivity index is 2.74. The summed E-state index contributed by atoms with van der Waals surface area (Å²) in [5.74, 6) is -5.18. The van der Waals surface area contributed by atoms with Crippen LogP contribution in [0.3, 0.4) is 0 Å². The molecular weight excluding hydrogens is 135 g/mol. The van der Waals surface area contributed by atoms with Crippen LogP contribution in [0.1, 0.15) is 6.42 Å². The van der Waals surface area contributed by atoms with Gasteiger partial charge in [0.05, 0.1) is 6.54 Å². The molecule has 0 spiro atoms. The Labute approximate surface area is 49.2 Å². The minimum absolute atomic E-state index is 0.458. The minimum Gasteiger partial charge on any atom is -0.265 e. The van der Waals surface area contributed by atoms with Gasteiger partial charge in [-0.15, -0.1) is 0 Å². The number of halogens is 3. The van der Waals surface area contributed by atoms with Gasteiger partial charge in [-0.1, -0.05) is 4.48 Å². The van der Waals surface area contributed by atoms with E-state index in [1.54, 1.807) is 0 Å². The van der Waals surface area contributed by atoms with E-state index in [1.165, 1.54) is 0 Å². The fourth-order valence-electron chi connectivity index (χ4n) is 0.625. The fraction of sp³-hybridized carbons (Fsp3) is 0.750. The average molecular weight is 139 g/mol.